The average molecular weight is 644 g/mol. The van der Waals surface area contributed by atoms with E-state index in [0.29, 0.717) is 17.5 Å². The Kier molecular flexibility index (Phi) is 6.82. The zero-order valence-electron chi connectivity index (χ0n) is 28.8. The molecule has 3 nitrogen and oxygen atoms in total. The summed E-state index contributed by atoms with van der Waals surface area (Å²) < 4.78 is 0. The van der Waals surface area contributed by atoms with Crippen LogP contribution in [0.25, 0.3) is 78.0 Å². The van der Waals surface area contributed by atoms with Crippen molar-refractivity contribution in [1.82, 2.24) is 15.0 Å². The molecule has 0 atom stereocenters. The number of rotatable bonds is 4. The van der Waals surface area contributed by atoms with E-state index in [1.165, 1.54) is 49.4 Å². The Morgan fingerprint density at radius 3 is 1.60 bits per heavy atom. The van der Waals surface area contributed by atoms with E-state index < -0.39 is 0 Å². The number of benzene rings is 7. The molecule has 1 aliphatic carbocycles. The molecule has 1 aliphatic rings. The predicted octanol–water partition coefficient (Wildman–Crippen LogP) is 12.1. The summed E-state index contributed by atoms with van der Waals surface area (Å²) in [6.45, 7) is 9.67. The molecule has 0 amide bonds. The van der Waals surface area contributed by atoms with Gasteiger partial charge < -0.3 is 0 Å². The van der Waals surface area contributed by atoms with Crippen LogP contribution in [0.5, 0.6) is 0 Å². The molecule has 3 heteroatoms. The Hall–Kier alpha value is -5.93. The molecule has 0 N–H and O–H groups in total. The standard InChI is InChI=1S/C47H37N3/c1-46(2)41-29-34(23-24-38(41)40-27-26-37-36-21-12-11-14-30(36)22-25-39(37)42(40)47(46,3)4)33-19-13-20-35(28-33)45-49-43(31-15-7-5-8-16-31)48-44(50-45)32-17-9-6-10-18-32/h5-29H,1-4H3. The number of hydrogen-bond donors (Lipinski definition) is 0. The van der Waals surface area contributed by atoms with Gasteiger partial charge in [0, 0.05) is 22.1 Å². The topological polar surface area (TPSA) is 38.7 Å². The second-order valence-electron chi connectivity index (χ2n) is 14.5. The third-order valence-electron chi connectivity index (χ3n) is 11.3. The Labute approximate surface area is 293 Å². The highest BCUT2D eigenvalue weighted by Crippen LogP contribution is 2.56. The molecular weight excluding hydrogens is 607 g/mol. The van der Waals surface area contributed by atoms with Crippen LogP contribution in [0.3, 0.4) is 0 Å². The highest BCUT2D eigenvalue weighted by atomic mass is 15.0. The minimum atomic E-state index is -0.133. The lowest BCUT2D eigenvalue weighted by Gasteiger charge is -2.49. The largest absolute Gasteiger partial charge is 0.208 e. The molecule has 1 heterocycles. The zero-order valence-corrected chi connectivity index (χ0v) is 28.8. The van der Waals surface area contributed by atoms with Crippen LogP contribution in [-0.4, -0.2) is 15.0 Å². The molecule has 0 fully saturated rings. The maximum Gasteiger partial charge on any atom is 0.164 e. The smallest absolute Gasteiger partial charge is 0.164 e. The fourth-order valence-electron chi connectivity index (χ4n) is 7.89. The van der Waals surface area contributed by atoms with Crippen molar-refractivity contribution in [3.05, 3.63) is 163 Å². The van der Waals surface area contributed by atoms with Gasteiger partial charge in [0.25, 0.3) is 0 Å². The van der Waals surface area contributed by atoms with Crippen LogP contribution in [0.4, 0.5) is 0 Å². The fraction of sp³-hybridized carbons (Fsp3) is 0.128. The first-order valence-corrected chi connectivity index (χ1v) is 17.4. The third-order valence-corrected chi connectivity index (χ3v) is 11.3. The normalized spacial score (nSPS) is 14.3. The summed E-state index contributed by atoms with van der Waals surface area (Å²) >= 11 is 0. The SMILES string of the molecule is CC1(C)c2cc(-c3cccc(-c4nc(-c5ccccc5)nc(-c5ccccc5)n4)c3)ccc2-c2ccc3c(ccc4ccccc43)c2C1(C)C. The molecule has 0 saturated carbocycles. The molecular formula is C47H37N3. The van der Waals surface area contributed by atoms with Crippen molar-refractivity contribution in [2.45, 2.75) is 38.5 Å². The van der Waals surface area contributed by atoms with Crippen LogP contribution < -0.4 is 0 Å². The molecule has 0 spiro atoms. The second-order valence-corrected chi connectivity index (χ2v) is 14.5. The number of aromatic nitrogens is 3. The minimum Gasteiger partial charge on any atom is -0.208 e. The number of hydrogen-bond acceptors (Lipinski definition) is 3. The molecule has 0 bridgehead atoms. The van der Waals surface area contributed by atoms with E-state index in [0.717, 1.165) is 22.3 Å². The van der Waals surface area contributed by atoms with Crippen LogP contribution in [0.2, 0.25) is 0 Å². The maximum absolute atomic E-state index is 4.99. The van der Waals surface area contributed by atoms with Crippen molar-refractivity contribution in [3.8, 4) is 56.4 Å². The first-order valence-electron chi connectivity index (χ1n) is 17.4. The van der Waals surface area contributed by atoms with Crippen molar-refractivity contribution < 1.29 is 0 Å². The molecule has 9 rings (SSSR count). The molecule has 0 aliphatic heterocycles. The van der Waals surface area contributed by atoms with Crippen molar-refractivity contribution in [1.29, 1.82) is 0 Å². The van der Waals surface area contributed by atoms with E-state index in [1.54, 1.807) is 0 Å². The lowest BCUT2D eigenvalue weighted by molar-refractivity contribution is 0.301. The molecule has 50 heavy (non-hydrogen) atoms. The Bertz CT molecular complexity index is 2530. The Morgan fingerprint density at radius 1 is 0.360 bits per heavy atom. The van der Waals surface area contributed by atoms with E-state index in [1.807, 2.05) is 60.7 Å². The summed E-state index contributed by atoms with van der Waals surface area (Å²) in [5.41, 5.74) is 10.4. The summed E-state index contributed by atoms with van der Waals surface area (Å²) in [5, 5.41) is 5.27. The average Bonchev–Trinajstić information content (AvgIpc) is 3.17. The maximum atomic E-state index is 4.99. The van der Waals surface area contributed by atoms with Gasteiger partial charge in [-0.1, -0.05) is 167 Å². The summed E-state index contributed by atoms with van der Waals surface area (Å²) in [6, 6.07) is 54.0. The molecule has 7 aromatic carbocycles. The first-order chi connectivity index (χ1) is 24.3. The van der Waals surface area contributed by atoms with E-state index in [9.17, 15) is 0 Å². The van der Waals surface area contributed by atoms with Crippen LogP contribution in [0.1, 0.15) is 38.8 Å². The van der Waals surface area contributed by atoms with E-state index in [-0.39, 0.29) is 10.8 Å². The molecule has 0 radical (unpaired) electrons. The van der Waals surface area contributed by atoms with Gasteiger partial charge in [-0.15, -0.1) is 0 Å². The van der Waals surface area contributed by atoms with Gasteiger partial charge in [0.1, 0.15) is 0 Å². The van der Waals surface area contributed by atoms with Crippen LogP contribution in [0, 0.1) is 0 Å². The summed E-state index contributed by atoms with van der Waals surface area (Å²) in [6.07, 6.45) is 0. The van der Waals surface area contributed by atoms with Crippen LogP contribution >= 0.6 is 0 Å². The van der Waals surface area contributed by atoms with E-state index in [4.69, 9.17) is 15.0 Å². The molecule has 8 aromatic rings. The highest BCUT2D eigenvalue weighted by Gasteiger charge is 2.46. The molecule has 0 saturated heterocycles. The van der Waals surface area contributed by atoms with Gasteiger partial charge in [-0.25, -0.2) is 15.0 Å². The quantitative estimate of drug-likeness (QED) is 0.179. The number of nitrogens with zero attached hydrogens (tertiary/aromatic N) is 3. The van der Waals surface area contributed by atoms with Gasteiger partial charge in [-0.05, 0) is 72.5 Å². The lowest BCUT2D eigenvalue weighted by Crippen LogP contribution is -2.43. The van der Waals surface area contributed by atoms with Gasteiger partial charge in [-0.2, -0.15) is 0 Å². The third kappa shape index (κ3) is 4.69. The molecule has 0 unspecified atom stereocenters. The number of fused-ring (bicyclic) bond motifs is 7. The van der Waals surface area contributed by atoms with E-state index in [2.05, 4.69) is 119 Å². The monoisotopic (exact) mass is 643 g/mol. The summed E-state index contributed by atoms with van der Waals surface area (Å²) in [4.78, 5) is 14.9. The Morgan fingerprint density at radius 2 is 0.900 bits per heavy atom. The van der Waals surface area contributed by atoms with Crippen molar-refractivity contribution in [3.63, 3.8) is 0 Å². The van der Waals surface area contributed by atoms with Crippen molar-refractivity contribution in [2.75, 3.05) is 0 Å². The first kappa shape index (κ1) is 30.2. The van der Waals surface area contributed by atoms with Crippen LogP contribution in [0.15, 0.2) is 152 Å². The van der Waals surface area contributed by atoms with Gasteiger partial charge >= 0.3 is 0 Å². The minimum absolute atomic E-state index is 0.121. The van der Waals surface area contributed by atoms with Crippen molar-refractivity contribution in [2.24, 2.45) is 0 Å². The molecule has 240 valence electrons. The summed E-state index contributed by atoms with van der Waals surface area (Å²) in [5.74, 6) is 1.99. The Balaban J connectivity index is 1.18. The van der Waals surface area contributed by atoms with Gasteiger partial charge in [0.05, 0.1) is 0 Å². The molecule has 1 aromatic heterocycles. The summed E-state index contributed by atoms with van der Waals surface area (Å²) in [7, 11) is 0. The predicted molar refractivity (Wildman–Crippen MR) is 208 cm³/mol. The van der Waals surface area contributed by atoms with Crippen LogP contribution in [-0.2, 0) is 10.8 Å². The lowest BCUT2D eigenvalue weighted by atomic mass is 9.54. The van der Waals surface area contributed by atoms with E-state index >= 15 is 0 Å². The fourth-order valence-corrected chi connectivity index (χ4v) is 7.89. The van der Waals surface area contributed by atoms with Gasteiger partial charge in [0.2, 0.25) is 0 Å². The highest BCUT2D eigenvalue weighted by molar-refractivity contribution is 6.11. The van der Waals surface area contributed by atoms with Gasteiger partial charge in [-0.3, -0.25) is 0 Å². The second kappa shape index (κ2) is 11.3. The van der Waals surface area contributed by atoms with Crippen molar-refractivity contribution >= 4 is 21.5 Å². The zero-order chi connectivity index (χ0) is 34.0. The van der Waals surface area contributed by atoms with Gasteiger partial charge in [0.15, 0.2) is 17.5 Å².